The van der Waals surface area contributed by atoms with Crippen LogP contribution in [0.15, 0.2) is 22.9 Å². The maximum atomic E-state index is 5.75. The summed E-state index contributed by atoms with van der Waals surface area (Å²) >= 11 is 0. The van der Waals surface area contributed by atoms with Crippen LogP contribution in [0.1, 0.15) is 23.6 Å². The number of nitrogens with two attached hydrogens (primary N) is 1. The molecule has 3 nitrogen and oxygen atoms in total. The molecule has 0 spiro atoms. The Morgan fingerprint density at radius 3 is 2.56 bits per heavy atom. The van der Waals surface area contributed by atoms with Gasteiger partial charge in [0.2, 0.25) is 5.88 Å². The van der Waals surface area contributed by atoms with Crippen LogP contribution in [0.2, 0.25) is 0 Å². The highest BCUT2D eigenvalue weighted by atomic mass is 16.5. The summed E-state index contributed by atoms with van der Waals surface area (Å²) in [4.78, 5) is 0. The molecule has 0 aliphatic carbocycles. The maximum absolute atomic E-state index is 5.75. The summed E-state index contributed by atoms with van der Waals surface area (Å²) < 4.78 is 4.92. The van der Waals surface area contributed by atoms with Crippen LogP contribution in [-0.2, 0) is 6.42 Å². The van der Waals surface area contributed by atoms with Crippen LogP contribution >= 0.6 is 0 Å². The molecule has 0 fully saturated rings. The molecule has 1 aromatic heterocycles. The van der Waals surface area contributed by atoms with E-state index in [0.717, 1.165) is 17.5 Å². The van der Waals surface area contributed by atoms with Gasteiger partial charge in [0.05, 0.1) is 11.8 Å². The minimum atomic E-state index is 0.385. The number of anilines is 1. The predicted molar refractivity (Wildman–Crippen MR) is 65.2 cm³/mol. The molecule has 0 saturated heterocycles. The molecule has 0 amide bonds. The van der Waals surface area contributed by atoms with Crippen molar-refractivity contribution in [3.63, 3.8) is 0 Å². The summed E-state index contributed by atoms with van der Waals surface area (Å²) in [6.45, 7) is 6.35. The van der Waals surface area contributed by atoms with E-state index in [1.165, 1.54) is 16.7 Å². The van der Waals surface area contributed by atoms with E-state index in [4.69, 9.17) is 10.3 Å². The van der Waals surface area contributed by atoms with E-state index in [1.807, 2.05) is 0 Å². The highest BCUT2D eigenvalue weighted by molar-refractivity contribution is 5.76. The van der Waals surface area contributed by atoms with Crippen LogP contribution in [0.4, 0.5) is 5.88 Å². The Labute approximate surface area is 95.3 Å². The van der Waals surface area contributed by atoms with Gasteiger partial charge >= 0.3 is 0 Å². The molecule has 0 saturated carbocycles. The van der Waals surface area contributed by atoms with Crippen molar-refractivity contribution >= 4 is 5.88 Å². The SMILES string of the molecule is CCc1cc(C)c(C)c(-c2cnoc2N)c1. The van der Waals surface area contributed by atoms with E-state index < -0.39 is 0 Å². The van der Waals surface area contributed by atoms with Crippen molar-refractivity contribution in [2.24, 2.45) is 0 Å². The lowest BCUT2D eigenvalue weighted by molar-refractivity contribution is 0.436. The second kappa shape index (κ2) is 4.00. The Balaban J connectivity index is 2.64. The van der Waals surface area contributed by atoms with Crippen LogP contribution in [-0.4, -0.2) is 5.16 Å². The lowest BCUT2D eigenvalue weighted by Crippen LogP contribution is -1.93. The quantitative estimate of drug-likeness (QED) is 0.839. The van der Waals surface area contributed by atoms with Crippen molar-refractivity contribution in [3.05, 3.63) is 35.0 Å². The van der Waals surface area contributed by atoms with Gasteiger partial charge in [0.1, 0.15) is 0 Å². The van der Waals surface area contributed by atoms with E-state index in [2.05, 4.69) is 38.1 Å². The van der Waals surface area contributed by atoms with Crippen molar-refractivity contribution in [2.45, 2.75) is 27.2 Å². The zero-order valence-corrected chi connectivity index (χ0v) is 9.87. The van der Waals surface area contributed by atoms with E-state index in [1.54, 1.807) is 6.20 Å². The highest BCUT2D eigenvalue weighted by Crippen LogP contribution is 2.31. The average Bonchev–Trinajstić information content (AvgIpc) is 2.68. The summed E-state index contributed by atoms with van der Waals surface area (Å²) in [5, 5.41) is 3.72. The van der Waals surface area contributed by atoms with E-state index in [9.17, 15) is 0 Å². The van der Waals surface area contributed by atoms with Gasteiger partial charge in [-0.2, -0.15) is 0 Å². The smallest absolute Gasteiger partial charge is 0.229 e. The third-order valence-corrected chi connectivity index (χ3v) is 3.02. The molecule has 84 valence electrons. The van der Waals surface area contributed by atoms with Crippen molar-refractivity contribution in [2.75, 3.05) is 5.73 Å². The number of aromatic nitrogens is 1. The van der Waals surface area contributed by atoms with Gasteiger partial charge < -0.3 is 10.3 Å². The Hall–Kier alpha value is -1.77. The van der Waals surface area contributed by atoms with Crippen molar-refractivity contribution in [1.29, 1.82) is 0 Å². The number of hydrogen-bond donors (Lipinski definition) is 1. The molecule has 0 bridgehead atoms. The van der Waals surface area contributed by atoms with Gasteiger partial charge in [0.25, 0.3) is 0 Å². The first-order valence-corrected chi connectivity index (χ1v) is 5.44. The molecule has 0 aliphatic rings. The lowest BCUT2D eigenvalue weighted by Gasteiger charge is -2.10. The summed E-state index contributed by atoms with van der Waals surface area (Å²) in [6.07, 6.45) is 2.69. The highest BCUT2D eigenvalue weighted by Gasteiger charge is 2.11. The molecule has 1 heterocycles. The molecule has 0 radical (unpaired) electrons. The monoisotopic (exact) mass is 216 g/mol. The molecule has 1 aromatic carbocycles. The first kappa shape index (κ1) is 10.7. The Kier molecular flexibility index (Phi) is 2.69. The third-order valence-electron chi connectivity index (χ3n) is 3.02. The predicted octanol–water partition coefficient (Wildman–Crippen LogP) is 3.10. The molecule has 0 aliphatic heterocycles. The summed E-state index contributed by atoms with van der Waals surface area (Å²) in [7, 11) is 0. The van der Waals surface area contributed by atoms with Crippen LogP contribution in [0.3, 0.4) is 0 Å². The first-order valence-electron chi connectivity index (χ1n) is 5.44. The van der Waals surface area contributed by atoms with Crippen LogP contribution < -0.4 is 5.73 Å². The number of rotatable bonds is 2. The Bertz CT molecular complexity index is 515. The fraction of sp³-hybridized carbons (Fsp3) is 0.308. The van der Waals surface area contributed by atoms with Gasteiger partial charge in [0, 0.05) is 0 Å². The van der Waals surface area contributed by atoms with Crippen LogP contribution in [0.25, 0.3) is 11.1 Å². The minimum Gasteiger partial charge on any atom is -0.367 e. The summed E-state index contributed by atoms with van der Waals surface area (Å²) in [6, 6.07) is 4.37. The van der Waals surface area contributed by atoms with Crippen molar-refractivity contribution in [3.8, 4) is 11.1 Å². The second-order valence-corrected chi connectivity index (χ2v) is 4.04. The molecule has 16 heavy (non-hydrogen) atoms. The number of hydrogen-bond acceptors (Lipinski definition) is 3. The molecular weight excluding hydrogens is 200 g/mol. The van der Waals surface area contributed by atoms with E-state index in [0.29, 0.717) is 5.88 Å². The number of nitrogen functional groups attached to an aromatic ring is 1. The molecule has 2 aromatic rings. The van der Waals surface area contributed by atoms with Gasteiger partial charge in [0.15, 0.2) is 0 Å². The molecule has 0 atom stereocenters. The zero-order chi connectivity index (χ0) is 11.7. The lowest BCUT2D eigenvalue weighted by atomic mass is 9.95. The van der Waals surface area contributed by atoms with Gasteiger partial charge in [-0.05, 0) is 42.5 Å². The van der Waals surface area contributed by atoms with Gasteiger partial charge in [-0.25, -0.2) is 0 Å². The van der Waals surface area contributed by atoms with Crippen LogP contribution in [0.5, 0.6) is 0 Å². The fourth-order valence-electron chi connectivity index (χ4n) is 1.87. The number of aryl methyl sites for hydroxylation is 2. The second-order valence-electron chi connectivity index (χ2n) is 4.04. The standard InChI is InChI=1S/C13H16N2O/c1-4-10-5-8(2)9(3)11(6-10)12-7-15-16-13(12)14/h5-7H,4,14H2,1-3H3. The molecule has 2 rings (SSSR count). The zero-order valence-electron chi connectivity index (χ0n) is 9.87. The van der Waals surface area contributed by atoms with Crippen molar-refractivity contribution in [1.82, 2.24) is 5.16 Å². The molecular formula is C13H16N2O. The van der Waals surface area contributed by atoms with E-state index in [-0.39, 0.29) is 0 Å². The van der Waals surface area contributed by atoms with E-state index >= 15 is 0 Å². The van der Waals surface area contributed by atoms with Crippen LogP contribution in [0, 0.1) is 13.8 Å². The molecule has 3 heteroatoms. The summed E-state index contributed by atoms with van der Waals surface area (Å²) in [5.41, 5.74) is 11.6. The largest absolute Gasteiger partial charge is 0.367 e. The third kappa shape index (κ3) is 1.69. The first-order chi connectivity index (χ1) is 7.63. The number of nitrogens with zero attached hydrogens (tertiary/aromatic N) is 1. The normalized spacial score (nSPS) is 10.7. The topological polar surface area (TPSA) is 52.0 Å². The minimum absolute atomic E-state index is 0.385. The maximum Gasteiger partial charge on any atom is 0.229 e. The fourth-order valence-corrected chi connectivity index (χ4v) is 1.87. The van der Waals surface area contributed by atoms with Gasteiger partial charge in [-0.15, -0.1) is 0 Å². The van der Waals surface area contributed by atoms with Crippen molar-refractivity contribution < 1.29 is 4.52 Å². The average molecular weight is 216 g/mol. The van der Waals surface area contributed by atoms with Gasteiger partial charge in [-0.1, -0.05) is 24.2 Å². The molecule has 2 N–H and O–H groups in total. The summed E-state index contributed by atoms with van der Waals surface area (Å²) in [5.74, 6) is 0.385. The number of benzene rings is 1. The Morgan fingerprint density at radius 1 is 1.25 bits per heavy atom. The van der Waals surface area contributed by atoms with Gasteiger partial charge in [-0.3, -0.25) is 0 Å². The molecule has 0 unspecified atom stereocenters. The Morgan fingerprint density at radius 2 is 2.00 bits per heavy atom.